The van der Waals surface area contributed by atoms with Gasteiger partial charge in [0.25, 0.3) is 0 Å². The number of anilines is 2. The van der Waals surface area contributed by atoms with Gasteiger partial charge in [-0.05, 0) is 29.8 Å². The Morgan fingerprint density at radius 1 is 1.15 bits per heavy atom. The fraction of sp³-hybridized carbons (Fsp3) is 0.368. The molecule has 0 radical (unpaired) electrons. The van der Waals surface area contributed by atoms with Crippen molar-refractivity contribution in [2.24, 2.45) is 0 Å². The summed E-state index contributed by atoms with van der Waals surface area (Å²) in [6.45, 7) is 4.91. The number of fused-ring (bicyclic) bond motifs is 1. The van der Waals surface area contributed by atoms with Gasteiger partial charge in [-0.25, -0.2) is 9.78 Å². The maximum Gasteiger partial charge on any atom is 0.411 e. The summed E-state index contributed by atoms with van der Waals surface area (Å²) in [6.07, 6.45) is 1.15. The summed E-state index contributed by atoms with van der Waals surface area (Å²) in [6, 6.07) is 9.87. The summed E-state index contributed by atoms with van der Waals surface area (Å²) in [7, 11) is 1.33. The highest BCUT2D eigenvalue weighted by Gasteiger charge is 2.19. The van der Waals surface area contributed by atoms with Crippen LogP contribution in [0.25, 0.3) is 0 Å². The summed E-state index contributed by atoms with van der Waals surface area (Å²) < 4.78 is 15.4. The van der Waals surface area contributed by atoms with Gasteiger partial charge in [0.15, 0.2) is 11.5 Å². The van der Waals surface area contributed by atoms with Gasteiger partial charge in [0.1, 0.15) is 5.82 Å². The van der Waals surface area contributed by atoms with Crippen LogP contribution in [0.3, 0.4) is 0 Å². The lowest BCUT2D eigenvalue weighted by molar-refractivity contribution is 0.174. The van der Waals surface area contributed by atoms with Crippen LogP contribution in [0, 0.1) is 0 Å². The molecule has 0 atom stereocenters. The highest BCUT2D eigenvalue weighted by molar-refractivity contribution is 5.84. The smallest absolute Gasteiger partial charge is 0.411 e. The number of amides is 1. The average molecular weight is 370 g/mol. The van der Waals surface area contributed by atoms with Crippen LogP contribution < -0.4 is 19.7 Å². The molecule has 8 heteroatoms. The second kappa shape index (κ2) is 7.71. The van der Waals surface area contributed by atoms with Gasteiger partial charge in [-0.15, -0.1) is 0 Å². The Morgan fingerprint density at radius 2 is 1.96 bits per heavy atom. The van der Waals surface area contributed by atoms with Crippen LogP contribution in [0.5, 0.6) is 11.5 Å². The molecule has 2 aliphatic heterocycles. The number of hydrogen-bond acceptors (Lipinski definition) is 7. The predicted molar refractivity (Wildman–Crippen MR) is 100 cm³/mol. The molecular formula is C19H22N4O4. The number of carbonyl (C=O) groups excluding carboxylic acids is 1. The van der Waals surface area contributed by atoms with Crippen molar-refractivity contribution in [2.75, 3.05) is 50.3 Å². The van der Waals surface area contributed by atoms with Crippen LogP contribution in [0.1, 0.15) is 5.56 Å². The lowest BCUT2D eigenvalue weighted by atomic mass is 10.1. The third kappa shape index (κ3) is 4.06. The first kappa shape index (κ1) is 17.4. The van der Waals surface area contributed by atoms with E-state index in [4.69, 9.17) is 9.47 Å². The Morgan fingerprint density at radius 3 is 2.70 bits per heavy atom. The molecule has 2 aromatic rings. The van der Waals surface area contributed by atoms with E-state index in [0.717, 1.165) is 50.0 Å². The van der Waals surface area contributed by atoms with Crippen molar-refractivity contribution in [1.82, 2.24) is 9.88 Å². The summed E-state index contributed by atoms with van der Waals surface area (Å²) in [5.74, 6) is 2.56. The minimum Gasteiger partial charge on any atom is -0.454 e. The van der Waals surface area contributed by atoms with Gasteiger partial charge in [0, 0.05) is 32.7 Å². The molecule has 1 amide bonds. The molecule has 0 saturated carbocycles. The Labute approximate surface area is 157 Å². The molecule has 2 aliphatic rings. The predicted octanol–water partition coefficient (Wildman–Crippen LogP) is 2.31. The van der Waals surface area contributed by atoms with Crippen molar-refractivity contribution in [3.63, 3.8) is 0 Å². The number of aromatic nitrogens is 1. The molecule has 3 heterocycles. The normalized spacial score (nSPS) is 16.3. The first-order valence-corrected chi connectivity index (χ1v) is 8.88. The number of nitrogens with one attached hydrogen (secondary N) is 1. The van der Waals surface area contributed by atoms with Gasteiger partial charge in [-0.3, -0.25) is 10.2 Å². The molecule has 27 heavy (non-hydrogen) atoms. The molecule has 142 valence electrons. The average Bonchev–Trinajstić information content (AvgIpc) is 3.17. The van der Waals surface area contributed by atoms with Crippen LogP contribution in [-0.4, -0.2) is 56.1 Å². The zero-order valence-corrected chi connectivity index (χ0v) is 15.2. The SMILES string of the molecule is COC(=O)Nc1ccc(N2CCN(Cc3ccc4c(c3)OCO4)CC2)nc1. The zero-order chi connectivity index (χ0) is 18.6. The Kier molecular flexibility index (Phi) is 4.97. The van der Waals surface area contributed by atoms with E-state index in [-0.39, 0.29) is 0 Å². The Bertz CT molecular complexity index is 804. The molecule has 4 rings (SSSR count). The Hall–Kier alpha value is -3.00. The highest BCUT2D eigenvalue weighted by atomic mass is 16.7. The van der Waals surface area contributed by atoms with E-state index < -0.39 is 6.09 Å². The van der Waals surface area contributed by atoms with E-state index in [9.17, 15) is 4.79 Å². The molecule has 8 nitrogen and oxygen atoms in total. The first-order chi connectivity index (χ1) is 13.2. The van der Waals surface area contributed by atoms with Crippen LogP contribution in [-0.2, 0) is 11.3 Å². The minimum atomic E-state index is -0.498. The molecule has 0 bridgehead atoms. The number of pyridine rings is 1. The highest BCUT2D eigenvalue weighted by Crippen LogP contribution is 2.32. The van der Waals surface area contributed by atoms with Gasteiger partial charge in [0.05, 0.1) is 19.0 Å². The van der Waals surface area contributed by atoms with Crippen LogP contribution in [0.2, 0.25) is 0 Å². The van der Waals surface area contributed by atoms with Gasteiger partial charge in [0.2, 0.25) is 6.79 Å². The summed E-state index contributed by atoms with van der Waals surface area (Å²) >= 11 is 0. The zero-order valence-electron chi connectivity index (χ0n) is 15.2. The second-order valence-electron chi connectivity index (χ2n) is 6.47. The standard InChI is InChI=1S/C19H22N4O4/c1-25-19(24)21-15-3-5-18(20-11-15)23-8-6-22(7-9-23)12-14-2-4-16-17(10-14)27-13-26-16/h2-5,10-11H,6-9,12-13H2,1H3,(H,21,24). The largest absolute Gasteiger partial charge is 0.454 e. The number of nitrogens with zero attached hydrogens (tertiary/aromatic N) is 3. The van der Waals surface area contributed by atoms with E-state index in [1.807, 2.05) is 18.2 Å². The van der Waals surface area contributed by atoms with Crippen LogP contribution >= 0.6 is 0 Å². The van der Waals surface area contributed by atoms with Crippen LogP contribution in [0.15, 0.2) is 36.5 Å². The van der Waals surface area contributed by atoms with Crippen molar-refractivity contribution < 1.29 is 19.0 Å². The first-order valence-electron chi connectivity index (χ1n) is 8.88. The maximum atomic E-state index is 11.2. The number of ether oxygens (including phenoxy) is 3. The van der Waals surface area contributed by atoms with Gasteiger partial charge in [-0.1, -0.05) is 6.07 Å². The van der Waals surface area contributed by atoms with Crippen molar-refractivity contribution in [3.8, 4) is 11.5 Å². The van der Waals surface area contributed by atoms with E-state index in [1.54, 1.807) is 6.20 Å². The summed E-state index contributed by atoms with van der Waals surface area (Å²) in [5.41, 5.74) is 1.84. The summed E-state index contributed by atoms with van der Waals surface area (Å²) in [4.78, 5) is 20.3. The van der Waals surface area contributed by atoms with E-state index in [0.29, 0.717) is 12.5 Å². The monoisotopic (exact) mass is 370 g/mol. The number of carbonyl (C=O) groups is 1. The fourth-order valence-electron chi connectivity index (χ4n) is 3.25. The lowest BCUT2D eigenvalue weighted by Gasteiger charge is -2.35. The Balaban J connectivity index is 1.30. The number of hydrogen-bond donors (Lipinski definition) is 1. The third-order valence-electron chi connectivity index (χ3n) is 4.72. The minimum absolute atomic E-state index is 0.304. The van der Waals surface area contributed by atoms with Crippen molar-refractivity contribution in [1.29, 1.82) is 0 Å². The van der Waals surface area contributed by atoms with Gasteiger partial charge >= 0.3 is 6.09 Å². The van der Waals surface area contributed by atoms with Gasteiger partial charge < -0.3 is 19.1 Å². The van der Waals surface area contributed by atoms with Crippen molar-refractivity contribution in [3.05, 3.63) is 42.1 Å². The number of piperazine rings is 1. The number of methoxy groups -OCH3 is 1. The van der Waals surface area contributed by atoms with E-state index >= 15 is 0 Å². The maximum absolute atomic E-state index is 11.2. The quantitative estimate of drug-likeness (QED) is 0.885. The third-order valence-corrected chi connectivity index (χ3v) is 4.72. The second-order valence-corrected chi connectivity index (χ2v) is 6.47. The molecule has 1 aromatic carbocycles. The topological polar surface area (TPSA) is 76.2 Å². The van der Waals surface area contributed by atoms with Crippen molar-refractivity contribution >= 4 is 17.6 Å². The lowest BCUT2D eigenvalue weighted by Crippen LogP contribution is -2.46. The molecule has 0 spiro atoms. The fourth-order valence-corrected chi connectivity index (χ4v) is 3.25. The van der Waals surface area contributed by atoms with Crippen LogP contribution in [0.4, 0.5) is 16.3 Å². The molecule has 1 N–H and O–H groups in total. The van der Waals surface area contributed by atoms with E-state index in [2.05, 4.69) is 37.0 Å². The number of benzene rings is 1. The summed E-state index contributed by atoms with van der Waals surface area (Å²) in [5, 5.41) is 2.60. The molecule has 1 fully saturated rings. The number of rotatable bonds is 4. The van der Waals surface area contributed by atoms with Crippen molar-refractivity contribution in [2.45, 2.75) is 6.54 Å². The molecular weight excluding hydrogens is 348 g/mol. The van der Waals surface area contributed by atoms with E-state index in [1.165, 1.54) is 12.7 Å². The molecule has 1 aromatic heterocycles. The molecule has 0 aliphatic carbocycles. The molecule has 1 saturated heterocycles. The molecule has 0 unspecified atom stereocenters. The van der Waals surface area contributed by atoms with Gasteiger partial charge in [-0.2, -0.15) is 0 Å².